The summed E-state index contributed by atoms with van der Waals surface area (Å²) in [5, 5.41) is 0. The van der Waals surface area contributed by atoms with Gasteiger partial charge in [-0.1, -0.05) is 48.6 Å². The highest BCUT2D eigenvalue weighted by molar-refractivity contribution is 5.66. The van der Waals surface area contributed by atoms with Crippen LogP contribution in [-0.4, -0.2) is 13.2 Å². The fraction of sp³-hybridized carbons (Fsp3) is 0.500. The van der Waals surface area contributed by atoms with Gasteiger partial charge in [0.2, 0.25) is 0 Å². The Bertz CT molecular complexity index is 1040. The van der Waals surface area contributed by atoms with Crippen LogP contribution in [0.5, 0.6) is 0 Å². The third-order valence-electron chi connectivity index (χ3n) is 7.90. The van der Waals surface area contributed by atoms with E-state index in [1.54, 1.807) is 0 Å². The van der Waals surface area contributed by atoms with Gasteiger partial charge in [-0.05, 0) is 77.0 Å². The number of hydrogen-bond acceptors (Lipinski definition) is 2. The van der Waals surface area contributed by atoms with Gasteiger partial charge in [0.25, 0.3) is 0 Å². The molecule has 0 aromatic heterocycles. The van der Waals surface area contributed by atoms with Crippen molar-refractivity contribution in [3.63, 3.8) is 0 Å². The van der Waals surface area contributed by atoms with Gasteiger partial charge in [-0.25, -0.2) is 17.6 Å². The molecular weight excluding hydrogens is 492 g/mol. The monoisotopic (exact) mass is 530 g/mol. The molecule has 0 spiro atoms. The van der Waals surface area contributed by atoms with Crippen LogP contribution < -0.4 is 0 Å². The minimum atomic E-state index is -1.19. The van der Waals surface area contributed by atoms with Gasteiger partial charge in [-0.2, -0.15) is 0 Å². The van der Waals surface area contributed by atoms with E-state index in [1.165, 1.54) is 24.3 Å². The van der Waals surface area contributed by atoms with Crippen molar-refractivity contribution in [1.82, 2.24) is 0 Å². The lowest BCUT2D eigenvalue weighted by molar-refractivity contribution is -0.0211. The van der Waals surface area contributed by atoms with Crippen LogP contribution in [0.3, 0.4) is 0 Å². The highest BCUT2D eigenvalue weighted by Gasteiger charge is 2.30. The molecule has 0 amide bonds. The second kappa shape index (κ2) is 13.6. The van der Waals surface area contributed by atoms with Gasteiger partial charge < -0.3 is 9.47 Å². The van der Waals surface area contributed by atoms with Crippen LogP contribution >= 0.6 is 0 Å². The van der Waals surface area contributed by atoms with Crippen LogP contribution in [0.2, 0.25) is 0 Å². The quantitative estimate of drug-likeness (QED) is 0.237. The van der Waals surface area contributed by atoms with Crippen molar-refractivity contribution < 1.29 is 27.0 Å². The predicted molar refractivity (Wildman–Crippen MR) is 143 cm³/mol. The normalized spacial score (nSPS) is 24.5. The summed E-state index contributed by atoms with van der Waals surface area (Å²) in [5.74, 6) is -3.73. The zero-order valence-corrected chi connectivity index (χ0v) is 22.3. The van der Waals surface area contributed by atoms with Crippen LogP contribution in [0.15, 0.2) is 48.6 Å². The zero-order chi connectivity index (χ0) is 27.1. The van der Waals surface area contributed by atoms with Crippen LogP contribution in [0, 0.1) is 35.1 Å². The van der Waals surface area contributed by atoms with Crippen LogP contribution in [0.4, 0.5) is 17.6 Å². The summed E-state index contributed by atoms with van der Waals surface area (Å²) in [4.78, 5) is 0. The molecular formula is C32H38F4O2. The first-order valence-electron chi connectivity index (χ1n) is 13.9. The SMILES string of the molecule is CC=CCCC1CCC(c2ccc(-c3ccc(C4CCC(CCC=CC)CO4)c(F)c3F)c(F)c2F)OC1. The number of rotatable bonds is 9. The molecule has 4 atom stereocenters. The molecule has 0 bridgehead atoms. The van der Waals surface area contributed by atoms with Crippen LogP contribution in [0.25, 0.3) is 11.1 Å². The fourth-order valence-electron chi connectivity index (χ4n) is 5.60. The molecule has 0 N–H and O–H groups in total. The Labute approximate surface area is 223 Å². The van der Waals surface area contributed by atoms with Crippen molar-refractivity contribution >= 4 is 0 Å². The minimum absolute atomic E-state index is 0.121. The molecule has 2 aromatic rings. The first-order valence-corrected chi connectivity index (χ1v) is 13.9. The summed E-state index contributed by atoms with van der Waals surface area (Å²) in [6, 6.07) is 5.50. The highest BCUT2D eigenvalue weighted by atomic mass is 19.2. The smallest absolute Gasteiger partial charge is 0.167 e. The number of benzene rings is 2. The van der Waals surface area contributed by atoms with E-state index in [0.29, 0.717) is 37.9 Å². The zero-order valence-electron chi connectivity index (χ0n) is 22.3. The Balaban J connectivity index is 1.45. The van der Waals surface area contributed by atoms with E-state index < -0.39 is 35.5 Å². The van der Waals surface area contributed by atoms with Gasteiger partial charge in [0.15, 0.2) is 23.3 Å². The molecule has 6 heteroatoms. The number of allylic oxidation sites excluding steroid dienone is 4. The first kappa shape index (κ1) is 28.6. The molecule has 4 unspecified atom stereocenters. The molecule has 2 nitrogen and oxygen atoms in total. The average molecular weight is 531 g/mol. The molecule has 2 aromatic carbocycles. The number of hydrogen-bond donors (Lipinski definition) is 0. The Morgan fingerprint density at radius 3 is 1.39 bits per heavy atom. The summed E-state index contributed by atoms with van der Waals surface area (Å²) < 4.78 is 72.3. The molecule has 2 fully saturated rings. The summed E-state index contributed by atoms with van der Waals surface area (Å²) in [6.07, 6.45) is 14.0. The molecule has 0 radical (unpaired) electrons. The van der Waals surface area contributed by atoms with Crippen molar-refractivity contribution in [3.05, 3.63) is 83.0 Å². The van der Waals surface area contributed by atoms with E-state index >= 15 is 17.6 Å². The largest absolute Gasteiger partial charge is 0.373 e. The standard InChI is InChI=1S/C32H38F4O2/c1-3-5-7-9-21-11-17-27(37-19-21)25-15-13-23(29(33)31(25)35)24-14-16-26(32(36)30(24)34)28-18-12-22(20-38-28)10-8-6-4-2/h3-6,13-16,21-22,27-28H,7-12,17-20H2,1-2H3. The summed E-state index contributed by atoms with van der Waals surface area (Å²) in [5.41, 5.74) is -0.365. The maximum absolute atomic E-state index is 15.2. The molecule has 2 aliphatic heterocycles. The van der Waals surface area contributed by atoms with Gasteiger partial charge in [0.05, 0.1) is 25.4 Å². The molecule has 206 valence electrons. The molecule has 0 saturated carbocycles. The van der Waals surface area contributed by atoms with Gasteiger partial charge >= 0.3 is 0 Å². The summed E-state index contributed by atoms with van der Waals surface area (Å²) in [6.45, 7) is 4.95. The molecule has 38 heavy (non-hydrogen) atoms. The molecule has 2 heterocycles. The van der Waals surface area contributed by atoms with E-state index in [2.05, 4.69) is 12.2 Å². The van der Waals surface area contributed by atoms with Crippen molar-refractivity contribution in [2.24, 2.45) is 11.8 Å². The molecule has 0 aliphatic carbocycles. The molecule has 2 aliphatic rings. The Morgan fingerprint density at radius 1 is 0.632 bits per heavy atom. The van der Waals surface area contributed by atoms with E-state index in [9.17, 15) is 0 Å². The lowest BCUT2D eigenvalue weighted by Crippen LogP contribution is -2.22. The van der Waals surface area contributed by atoms with Crippen molar-refractivity contribution in [2.75, 3.05) is 13.2 Å². The Morgan fingerprint density at radius 2 is 1.05 bits per heavy atom. The molecule has 4 rings (SSSR count). The number of ether oxygens (including phenoxy) is 2. The average Bonchev–Trinajstić information content (AvgIpc) is 2.93. The topological polar surface area (TPSA) is 18.5 Å². The lowest BCUT2D eigenvalue weighted by Gasteiger charge is -2.30. The highest BCUT2D eigenvalue weighted by Crippen LogP contribution is 2.39. The predicted octanol–water partition coefficient (Wildman–Crippen LogP) is 9.56. The van der Waals surface area contributed by atoms with Gasteiger partial charge in [-0.15, -0.1) is 0 Å². The first-order chi connectivity index (χ1) is 18.4. The third-order valence-corrected chi connectivity index (χ3v) is 7.90. The van der Waals surface area contributed by atoms with E-state index in [0.717, 1.165) is 38.5 Å². The van der Waals surface area contributed by atoms with Crippen LogP contribution in [0.1, 0.15) is 88.5 Å². The maximum atomic E-state index is 15.2. The van der Waals surface area contributed by atoms with E-state index in [4.69, 9.17) is 9.47 Å². The summed E-state index contributed by atoms with van der Waals surface area (Å²) in [7, 11) is 0. The Kier molecular flexibility index (Phi) is 10.2. The third kappa shape index (κ3) is 6.58. The van der Waals surface area contributed by atoms with Crippen LogP contribution in [-0.2, 0) is 9.47 Å². The van der Waals surface area contributed by atoms with Crippen molar-refractivity contribution in [3.8, 4) is 11.1 Å². The Hall–Kier alpha value is -2.44. The van der Waals surface area contributed by atoms with E-state index in [-0.39, 0.29) is 22.3 Å². The van der Waals surface area contributed by atoms with Gasteiger partial charge in [0, 0.05) is 22.3 Å². The van der Waals surface area contributed by atoms with Crippen molar-refractivity contribution in [2.45, 2.75) is 77.4 Å². The van der Waals surface area contributed by atoms with E-state index in [1.807, 2.05) is 26.0 Å². The summed E-state index contributed by atoms with van der Waals surface area (Å²) >= 11 is 0. The number of halogens is 4. The maximum Gasteiger partial charge on any atom is 0.167 e. The minimum Gasteiger partial charge on any atom is -0.373 e. The van der Waals surface area contributed by atoms with Crippen molar-refractivity contribution in [1.29, 1.82) is 0 Å². The lowest BCUT2D eigenvalue weighted by atomic mass is 9.89. The second-order valence-electron chi connectivity index (χ2n) is 10.5. The van der Waals surface area contributed by atoms with Gasteiger partial charge in [0.1, 0.15) is 0 Å². The van der Waals surface area contributed by atoms with Gasteiger partial charge in [-0.3, -0.25) is 0 Å². The second-order valence-corrected chi connectivity index (χ2v) is 10.5. The fourth-order valence-corrected chi connectivity index (χ4v) is 5.60. The molecule has 2 saturated heterocycles.